The molecule has 0 aliphatic heterocycles. The zero-order chi connectivity index (χ0) is 12.1. The standard InChI is InChI=1S/C13H27NO/c1-7-12(11(3)13(4,5)6)15-9-10(2)8-14/h10H,7-9,14H2,1-6H3. The average Bonchev–Trinajstić information content (AvgIpc) is 2.16. The maximum absolute atomic E-state index is 5.83. The van der Waals surface area contributed by atoms with Gasteiger partial charge in [0.2, 0.25) is 0 Å². The molecule has 90 valence electrons. The molecular weight excluding hydrogens is 186 g/mol. The zero-order valence-electron chi connectivity index (χ0n) is 11.2. The molecule has 0 bridgehead atoms. The Kier molecular flexibility index (Phi) is 5.96. The van der Waals surface area contributed by atoms with Crippen molar-refractivity contribution < 1.29 is 4.74 Å². The third kappa shape index (κ3) is 5.22. The van der Waals surface area contributed by atoms with Gasteiger partial charge < -0.3 is 10.5 Å². The number of hydrogen-bond acceptors (Lipinski definition) is 2. The first kappa shape index (κ1) is 14.5. The summed E-state index contributed by atoms with van der Waals surface area (Å²) in [5, 5.41) is 0. The fourth-order valence-electron chi connectivity index (χ4n) is 1.20. The highest BCUT2D eigenvalue weighted by Crippen LogP contribution is 2.29. The molecule has 2 N–H and O–H groups in total. The minimum absolute atomic E-state index is 0.192. The van der Waals surface area contributed by atoms with Crippen LogP contribution < -0.4 is 5.73 Å². The molecule has 0 heterocycles. The second-order valence-electron chi connectivity index (χ2n) is 5.30. The van der Waals surface area contributed by atoms with Crippen LogP contribution in [0.3, 0.4) is 0 Å². The van der Waals surface area contributed by atoms with Crippen LogP contribution in [-0.2, 0) is 4.74 Å². The molecule has 0 aromatic rings. The van der Waals surface area contributed by atoms with Gasteiger partial charge in [-0.25, -0.2) is 0 Å². The van der Waals surface area contributed by atoms with Gasteiger partial charge in [0.15, 0.2) is 0 Å². The van der Waals surface area contributed by atoms with Crippen LogP contribution >= 0.6 is 0 Å². The molecule has 0 aliphatic rings. The van der Waals surface area contributed by atoms with Crippen LogP contribution in [0.4, 0.5) is 0 Å². The topological polar surface area (TPSA) is 35.2 Å². The molecule has 15 heavy (non-hydrogen) atoms. The predicted octanol–water partition coefficient (Wildman–Crippen LogP) is 3.33. The number of ether oxygens (including phenoxy) is 1. The highest BCUT2D eigenvalue weighted by atomic mass is 16.5. The molecule has 0 aromatic heterocycles. The monoisotopic (exact) mass is 213 g/mol. The molecule has 2 nitrogen and oxygen atoms in total. The minimum atomic E-state index is 0.192. The highest BCUT2D eigenvalue weighted by molar-refractivity contribution is 5.12. The van der Waals surface area contributed by atoms with Crippen molar-refractivity contribution in [2.24, 2.45) is 17.1 Å². The van der Waals surface area contributed by atoms with Crippen molar-refractivity contribution >= 4 is 0 Å². The van der Waals surface area contributed by atoms with Crippen molar-refractivity contribution in [1.82, 2.24) is 0 Å². The quantitative estimate of drug-likeness (QED) is 0.711. The summed E-state index contributed by atoms with van der Waals surface area (Å²) < 4.78 is 5.83. The van der Waals surface area contributed by atoms with E-state index in [-0.39, 0.29) is 5.41 Å². The summed E-state index contributed by atoms with van der Waals surface area (Å²) in [5.41, 5.74) is 7.10. The molecule has 0 aromatic carbocycles. The average molecular weight is 213 g/mol. The van der Waals surface area contributed by atoms with Gasteiger partial charge >= 0.3 is 0 Å². The lowest BCUT2D eigenvalue weighted by Gasteiger charge is -2.24. The maximum atomic E-state index is 5.83. The van der Waals surface area contributed by atoms with E-state index in [9.17, 15) is 0 Å². The lowest BCUT2D eigenvalue weighted by molar-refractivity contribution is 0.161. The first-order valence-electron chi connectivity index (χ1n) is 5.86. The Bertz CT molecular complexity index is 213. The molecule has 1 unspecified atom stereocenters. The number of nitrogens with two attached hydrogens (primary N) is 1. The summed E-state index contributed by atoms with van der Waals surface area (Å²) in [7, 11) is 0. The van der Waals surface area contributed by atoms with Crippen molar-refractivity contribution in [3.8, 4) is 0 Å². The van der Waals surface area contributed by atoms with E-state index in [0.717, 1.165) is 18.8 Å². The first-order valence-corrected chi connectivity index (χ1v) is 5.86. The first-order chi connectivity index (χ1) is 6.82. The van der Waals surface area contributed by atoms with Gasteiger partial charge in [-0.3, -0.25) is 0 Å². The molecule has 0 saturated heterocycles. The Morgan fingerprint density at radius 1 is 1.33 bits per heavy atom. The van der Waals surface area contributed by atoms with E-state index in [2.05, 4.69) is 41.5 Å². The second kappa shape index (κ2) is 6.16. The fraction of sp³-hybridized carbons (Fsp3) is 0.846. The van der Waals surface area contributed by atoms with Gasteiger partial charge in [0.25, 0.3) is 0 Å². The number of allylic oxidation sites excluding steroid dienone is 2. The Labute approximate surface area is 94.9 Å². The van der Waals surface area contributed by atoms with Gasteiger partial charge in [0, 0.05) is 12.3 Å². The van der Waals surface area contributed by atoms with E-state index in [4.69, 9.17) is 10.5 Å². The summed E-state index contributed by atoms with van der Waals surface area (Å²) in [4.78, 5) is 0. The largest absolute Gasteiger partial charge is 0.498 e. The van der Waals surface area contributed by atoms with Crippen LogP contribution in [0.2, 0.25) is 0 Å². The highest BCUT2D eigenvalue weighted by Gasteiger charge is 2.17. The lowest BCUT2D eigenvalue weighted by Crippen LogP contribution is -2.18. The molecule has 0 spiro atoms. The minimum Gasteiger partial charge on any atom is -0.498 e. The summed E-state index contributed by atoms with van der Waals surface area (Å²) in [6, 6.07) is 0. The maximum Gasteiger partial charge on any atom is 0.0951 e. The van der Waals surface area contributed by atoms with Crippen molar-refractivity contribution in [3.63, 3.8) is 0 Å². The summed E-state index contributed by atoms with van der Waals surface area (Å²) in [5.74, 6) is 1.56. The van der Waals surface area contributed by atoms with Crippen molar-refractivity contribution in [3.05, 3.63) is 11.3 Å². The van der Waals surface area contributed by atoms with E-state index in [1.165, 1.54) is 5.57 Å². The van der Waals surface area contributed by atoms with Gasteiger partial charge in [-0.1, -0.05) is 34.6 Å². The van der Waals surface area contributed by atoms with Crippen LogP contribution in [0.15, 0.2) is 11.3 Å². The van der Waals surface area contributed by atoms with E-state index < -0.39 is 0 Å². The Morgan fingerprint density at radius 2 is 1.87 bits per heavy atom. The molecule has 0 saturated carbocycles. The van der Waals surface area contributed by atoms with Gasteiger partial charge in [-0.05, 0) is 24.5 Å². The van der Waals surface area contributed by atoms with Crippen molar-refractivity contribution in [2.75, 3.05) is 13.2 Å². The normalized spacial score (nSPS) is 15.9. The van der Waals surface area contributed by atoms with Gasteiger partial charge in [-0.2, -0.15) is 0 Å². The molecule has 0 aliphatic carbocycles. The smallest absolute Gasteiger partial charge is 0.0951 e. The fourth-order valence-corrected chi connectivity index (χ4v) is 1.20. The molecule has 1 atom stereocenters. The molecular formula is C13H27NO. The summed E-state index contributed by atoms with van der Waals surface area (Å²) in [6.07, 6.45) is 0.959. The van der Waals surface area contributed by atoms with Gasteiger partial charge in [0.1, 0.15) is 0 Å². The van der Waals surface area contributed by atoms with Crippen LogP contribution in [0.25, 0.3) is 0 Å². The predicted molar refractivity (Wildman–Crippen MR) is 66.6 cm³/mol. The van der Waals surface area contributed by atoms with E-state index in [1.807, 2.05) is 0 Å². The zero-order valence-corrected chi connectivity index (χ0v) is 11.2. The van der Waals surface area contributed by atoms with Crippen LogP contribution in [-0.4, -0.2) is 13.2 Å². The molecule has 0 radical (unpaired) electrons. The van der Waals surface area contributed by atoms with Crippen LogP contribution in [0, 0.1) is 11.3 Å². The lowest BCUT2D eigenvalue weighted by atomic mass is 9.86. The molecule has 0 amide bonds. The second-order valence-corrected chi connectivity index (χ2v) is 5.30. The van der Waals surface area contributed by atoms with Crippen molar-refractivity contribution in [1.29, 1.82) is 0 Å². The van der Waals surface area contributed by atoms with Crippen LogP contribution in [0.1, 0.15) is 48.0 Å². The Hall–Kier alpha value is -0.500. The van der Waals surface area contributed by atoms with Crippen LogP contribution in [0.5, 0.6) is 0 Å². The third-order valence-electron chi connectivity index (χ3n) is 2.81. The van der Waals surface area contributed by atoms with E-state index in [1.54, 1.807) is 0 Å². The molecule has 2 heteroatoms. The van der Waals surface area contributed by atoms with Crippen molar-refractivity contribution in [2.45, 2.75) is 48.0 Å². The van der Waals surface area contributed by atoms with E-state index in [0.29, 0.717) is 12.5 Å². The van der Waals surface area contributed by atoms with Gasteiger partial charge in [0.05, 0.1) is 12.4 Å². The SMILES string of the molecule is CCC(OCC(C)CN)=C(C)C(C)(C)C. The molecule has 0 rings (SSSR count). The summed E-state index contributed by atoms with van der Waals surface area (Å²) in [6.45, 7) is 14.5. The Balaban J connectivity index is 4.48. The Morgan fingerprint density at radius 3 is 2.20 bits per heavy atom. The number of rotatable bonds is 5. The third-order valence-corrected chi connectivity index (χ3v) is 2.81. The van der Waals surface area contributed by atoms with Gasteiger partial charge in [-0.15, -0.1) is 0 Å². The summed E-state index contributed by atoms with van der Waals surface area (Å²) >= 11 is 0. The molecule has 0 fully saturated rings. The van der Waals surface area contributed by atoms with E-state index >= 15 is 0 Å². The number of hydrogen-bond donors (Lipinski definition) is 1.